The Labute approximate surface area is 178 Å². The summed E-state index contributed by atoms with van der Waals surface area (Å²) in [4.78, 5) is 6.46. The van der Waals surface area contributed by atoms with Crippen LogP contribution in [-0.4, -0.2) is 65.3 Å². The Morgan fingerprint density at radius 2 is 1.80 bits per heavy atom. The summed E-state index contributed by atoms with van der Waals surface area (Å²) in [5, 5.41) is 14.8. The van der Waals surface area contributed by atoms with Gasteiger partial charge in [-0.2, -0.15) is 0 Å². The summed E-state index contributed by atoms with van der Waals surface area (Å²) in [6, 6.07) is 14.5. The van der Waals surface area contributed by atoms with Gasteiger partial charge >= 0.3 is 0 Å². The van der Waals surface area contributed by atoms with Crippen LogP contribution in [0.2, 0.25) is 0 Å². The van der Waals surface area contributed by atoms with Crippen molar-refractivity contribution in [3.8, 4) is 0 Å². The smallest absolute Gasteiger partial charge is 0.176 e. The molecule has 0 amide bonds. The molecule has 0 saturated carbocycles. The van der Waals surface area contributed by atoms with Gasteiger partial charge in [-0.25, -0.2) is 0 Å². The molecule has 3 saturated heterocycles. The maximum absolute atomic E-state index is 11.3. The molecule has 160 valence electrons. The highest BCUT2D eigenvalue weighted by Gasteiger charge is 2.52. The summed E-state index contributed by atoms with van der Waals surface area (Å²) < 4.78 is 12.1. The molecule has 3 aliphatic heterocycles. The van der Waals surface area contributed by atoms with Crippen molar-refractivity contribution in [1.82, 2.24) is 15.2 Å². The number of hydrogen-bond acceptors (Lipinski definition) is 6. The van der Waals surface area contributed by atoms with E-state index in [9.17, 15) is 5.11 Å². The van der Waals surface area contributed by atoms with Gasteiger partial charge in [-0.1, -0.05) is 30.3 Å². The maximum atomic E-state index is 11.3. The average molecular weight is 410 g/mol. The standard InChI is InChI=1S/C24H31N3O3/c28-23-21(26-15-19-6-10-25-11-7-19)20-16-29-24(30-20)22(23)27-12-8-18(9-13-27)14-17-4-2-1-3-5-17/h1-7,10-11,18,20-24,26,28H,8-9,12-16H2. The van der Waals surface area contributed by atoms with Gasteiger partial charge in [0.25, 0.3) is 0 Å². The number of nitrogens with zero attached hydrogens (tertiary/aromatic N) is 2. The third kappa shape index (κ3) is 4.29. The van der Waals surface area contributed by atoms with E-state index in [1.54, 1.807) is 12.4 Å². The average Bonchev–Trinajstić information content (AvgIpc) is 3.21. The Morgan fingerprint density at radius 1 is 1.03 bits per heavy atom. The molecule has 5 rings (SSSR count). The van der Waals surface area contributed by atoms with E-state index in [0.29, 0.717) is 19.1 Å². The molecule has 1 aromatic heterocycles. The molecule has 0 spiro atoms. The van der Waals surface area contributed by atoms with Gasteiger partial charge in [-0.05, 0) is 61.5 Å². The van der Waals surface area contributed by atoms with Crippen LogP contribution < -0.4 is 5.32 Å². The number of nitrogens with one attached hydrogen (secondary N) is 1. The number of benzene rings is 1. The third-order valence-electron chi connectivity index (χ3n) is 6.86. The first-order valence-corrected chi connectivity index (χ1v) is 11.1. The summed E-state index contributed by atoms with van der Waals surface area (Å²) in [5.74, 6) is 0.697. The minimum absolute atomic E-state index is 0.0984. The van der Waals surface area contributed by atoms with E-state index in [1.807, 2.05) is 12.1 Å². The van der Waals surface area contributed by atoms with Crippen molar-refractivity contribution < 1.29 is 14.6 Å². The molecule has 30 heavy (non-hydrogen) atoms. The fraction of sp³-hybridized carbons (Fsp3) is 0.542. The summed E-state index contributed by atoms with van der Waals surface area (Å²) >= 11 is 0. The molecule has 5 atom stereocenters. The Balaban J connectivity index is 1.20. The fourth-order valence-corrected chi connectivity index (χ4v) is 5.18. The Bertz CT molecular complexity index is 798. The van der Waals surface area contributed by atoms with Crippen LogP contribution in [-0.2, 0) is 22.4 Å². The van der Waals surface area contributed by atoms with Gasteiger partial charge in [0.05, 0.1) is 24.8 Å². The van der Waals surface area contributed by atoms with Gasteiger partial charge in [-0.3, -0.25) is 9.88 Å². The van der Waals surface area contributed by atoms with Gasteiger partial charge in [0.2, 0.25) is 0 Å². The predicted molar refractivity (Wildman–Crippen MR) is 114 cm³/mol. The van der Waals surface area contributed by atoms with Gasteiger partial charge in [0, 0.05) is 18.9 Å². The van der Waals surface area contributed by atoms with Gasteiger partial charge in [0.15, 0.2) is 6.29 Å². The van der Waals surface area contributed by atoms with Crippen LogP contribution >= 0.6 is 0 Å². The van der Waals surface area contributed by atoms with Crippen LogP contribution in [0.5, 0.6) is 0 Å². The maximum Gasteiger partial charge on any atom is 0.176 e. The second kappa shape index (κ2) is 9.12. The highest BCUT2D eigenvalue weighted by molar-refractivity contribution is 5.15. The molecule has 2 bridgehead atoms. The number of rotatable bonds is 6. The fourth-order valence-electron chi connectivity index (χ4n) is 5.18. The van der Waals surface area contributed by atoms with E-state index < -0.39 is 6.10 Å². The number of aromatic nitrogens is 1. The van der Waals surface area contributed by atoms with Crippen LogP contribution in [0.25, 0.3) is 0 Å². The summed E-state index contributed by atoms with van der Waals surface area (Å²) in [6.45, 7) is 3.17. The number of aliphatic hydroxyl groups excluding tert-OH is 1. The van der Waals surface area contributed by atoms with E-state index in [-0.39, 0.29) is 24.5 Å². The highest BCUT2D eigenvalue weighted by atomic mass is 16.7. The highest BCUT2D eigenvalue weighted by Crippen LogP contribution is 2.34. The summed E-state index contributed by atoms with van der Waals surface area (Å²) in [7, 11) is 0. The lowest BCUT2D eigenvalue weighted by molar-refractivity contribution is -0.186. The van der Waals surface area contributed by atoms with E-state index in [0.717, 1.165) is 37.9 Å². The first-order chi connectivity index (χ1) is 14.8. The number of fused-ring (bicyclic) bond motifs is 2. The lowest BCUT2D eigenvalue weighted by atomic mass is 9.87. The molecule has 6 nitrogen and oxygen atoms in total. The molecule has 3 aliphatic rings. The van der Waals surface area contributed by atoms with Crippen LogP contribution in [0.3, 0.4) is 0 Å². The molecule has 0 aliphatic carbocycles. The SMILES string of the molecule is OC1C(NCc2ccncc2)C2COC(O2)C1N1CCC(Cc2ccccc2)CC1. The minimum atomic E-state index is -0.510. The van der Waals surface area contributed by atoms with Gasteiger partial charge in [-0.15, -0.1) is 0 Å². The molecule has 1 aromatic carbocycles. The number of aliphatic hydroxyl groups is 1. The molecular weight excluding hydrogens is 378 g/mol. The second-order valence-corrected chi connectivity index (χ2v) is 8.79. The Hall–Kier alpha value is -1.83. The molecular formula is C24H31N3O3. The summed E-state index contributed by atoms with van der Waals surface area (Å²) in [5.41, 5.74) is 2.57. The van der Waals surface area contributed by atoms with Crippen molar-refractivity contribution in [1.29, 1.82) is 0 Å². The Kier molecular flexibility index (Phi) is 6.11. The van der Waals surface area contributed by atoms with Crippen LogP contribution in [0.4, 0.5) is 0 Å². The minimum Gasteiger partial charge on any atom is -0.390 e. The zero-order chi connectivity index (χ0) is 20.3. The van der Waals surface area contributed by atoms with Crippen molar-refractivity contribution >= 4 is 0 Å². The van der Waals surface area contributed by atoms with Crippen LogP contribution in [0.15, 0.2) is 54.9 Å². The van der Waals surface area contributed by atoms with Crippen LogP contribution in [0, 0.1) is 5.92 Å². The number of ether oxygens (including phenoxy) is 2. The number of likely N-dealkylation sites (tertiary alicyclic amines) is 1. The Morgan fingerprint density at radius 3 is 2.57 bits per heavy atom. The first kappa shape index (κ1) is 20.1. The predicted octanol–water partition coefficient (Wildman–Crippen LogP) is 1.98. The number of piperidine rings is 1. The zero-order valence-electron chi connectivity index (χ0n) is 17.3. The molecule has 4 heterocycles. The van der Waals surface area contributed by atoms with Gasteiger partial charge in [0.1, 0.15) is 6.10 Å². The second-order valence-electron chi connectivity index (χ2n) is 8.79. The molecule has 3 fully saturated rings. The van der Waals surface area contributed by atoms with Crippen LogP contribution in [0.1, 0.15) is 24.0 Å². The molecule has 2 aromatic rings. The lowest BCUT2D eigenvalue weighted by Gasteiger charge is -2.46. The van der Waals surface area contributed by atoms with Crippen molar-refractivity contribution in [3.05, 3.63) is 66.0 Å². The summed E-state index contributed by atoms with van der Waals surface area (Å²) in [6.07, 6.45) is 6.07. The molecule has 5 unspecified atom stereocenters. The zero-order valence-corrected chi connectivity index (χ0v) is 17.3. The van der Waals surface area contributed by atoms with Crippen molar-refractivity contribution in [2.45, 2.75) is 56.4 Å². The number of pyridine rings is 1. The quantitative estimate of drug-likeness (QED) is 0.761. The largest absolute Gasteiger partial charge is 0.390 e. The van der Waals surface area contributed by atoms with Gasteiger partial charge < -0.3 is 19.9 Å². The molecule has 0 radical (unpaired) electrons. The van der Waals surface area contributed by atoms with E-state index in [1.165, 1.54) is 5.56 Å². The molecule has 6 heteroatoms. The van der Waals surface area contributed by atoms with Crippen molar-refractivity contribution in [2.75, 3.05) is 19.7 Å². The lowest BCUT2D eigenvalue weighted by Crippen LogP contribution is -2.65. The normalized spacial score (nSPS) is 32.4. The molecule has 2 N–H and O–H groups in total. The van der Waals surface area contributed by atoms with Crippen molar-refractivity contribution in [2.24, 2.45) is 5.92 Å². The van der Waals surface area contributed by atoms with Crippen molar-refractivity contribution in [3.63, 3.8) is 0 Å². The van der Waals surface area contributed by atoms with E-state index in [2.05, 4.69) is 45.5 Å². The monoisotopic (exact) mass is 409 g/mol. The first-order valence-electron chi connectivity index (χ1n) is 11.1. The van der Waals surface area contributed by atoms with E-state index in [4.69, 9.17) is 9.47 Å². The number of hydrogen-bond donors (Lipinski definition) is 2. The van der Waals surface area contributed by atoms with E-state index >= 15 is 0 Å². The topological polar surface area (TPSA) is 66.8 Å². The third-order valence-corrected chi connectivity index (χ3v) is 6.86.